The second-order valence-electron chi connectivity index (χ2n) is 4.97. The number of carbonyl (C=O) groups excluding carboxylic acids is 1. The maximum absolute atomic E-state index is 11.4. The van der Waals surface area contributed by atoms with Crippen molar-refractivity contribution in [2.24, 2.45) is 5.92 Å². The van der Waals surface area contributed by atoms with Gasteiger partial charge < -0.3 is 4.90 Å². The lowest BCUT2D eigenvalue weighted by molar-refractivity contribution is 0.101. The number of nitriles is 1. The van der Waals surface area contributed by atoms with Gasteiger partial charge in [-0.3, -0.25) is 4.79 Å². The highest BCUT2D eigenvalue weighted by Crippen LogP contribution is 2.25. The average Bonchev–Trinajstić information content (AvgIpc) is 2.33. The average molecular weight is 323 g/mol. The molecule has 19 heavy (non-hydrogen) atoms. The normalized spacial score (nSPS) is 10.3. The number of hydrogen-bond donors (Lipinski definition) is 0. The maximum Gasteiger partial charge on any atom is 0.160 e. The van der Waals surface area contributed by atoms with E-state index in [1.807, 2.05) is 18.2 Å². The van der Waals surface area contributed by atoms with Crippen molar-refractivity contribution < 1.29 is 4.79 Å². The van der Waals surface area contributed by atoms with E-state index in [-0.39, 0.29) is 5.78 Å². The van der Waals surface area contributed by atoms with Crippen molar-refractivity contribution in [3.8, 4) is 6.07 Å². The van der Waals surface area contributed by atoms with E-state index in [9.17, 15) is 4.79 Å². The Kier molecular flexibility index (Phi) is 6.04. The number of benzene rings is 1. The Balaban J connectivity index is 2.99. The van der Waals surface area contributed by atoms with Crippen molar-refractivity contribution >= 4 is 27.4 Å². The summed E-state index contributed by atoms with van der Waals surface area (Å²) in [5.41, 5.74) is 1.73. The van der Waals surface area contributed by atoms with Crippen LogP contribution in [0.5, 0.6) is 0 Å². The highest BCUT2D eigenvalue weighted by molar-refractivity contribution is 9.10. The zero-order valence-corrected chi connectivity index (χ0v) is 13.2. The van der Waals surface area contributed by atoms with Crippen LogP contribution in [-0.4, -0.2) is 18.9 Å². The lowest BCUT2D eigenvalue weighted by Gasteiger charge is -2.26. The highest BCUT2D eigenvalue weighted by Gasteiger charge is 2.12. The molecule has 0 saturated carbocycles. The summed E-state index contributed by atoms with van der Waals surface area (Å²) >= 11 is 3.44. The fraction of sp³-hybridized carbons (Fsp3) is 0.467. The molecule has 1 aromatic carbocycles. The molecule has 4 heteroatoms. The molecule has 1 aromatic rings. The van der Waals surface area contributed by atoms with Gasteiger partial charge in [0.2, 0.25) is 0 Å². The van der Waals surface area contributed by atoms with Gasteiger partial charge >= 0.3 is 0 Å². The van der Waals surface area contributed by atoms with Gasteiger partial charge in [0.15, 0.2) is 5.78 Å². The molecule has 0 aliphatic heterocycles. The van der Waals surface area contributed by atoms with Crippen LogP contribution in [0.3, 0.4) is 0 Å². The van der Waals surface area contributed by atoms with E-state index in [0.29, 0.717) is 24.4 Å². The fourth-order valence-corrected chi connectivity index (χ4v) is 2.58. The van der Waals surface area contributed by atoms with Crippen LogP contribution in [-0.2, 0) is 0 Å². The van der Waals surface area contributed by atoms with Crippen molar-refractivity contribution in [3.63, 3.8) is 0 Å². The number of hydrogen-bond acceptors (Lipinski definition) is 3. The van der Waals surface area contributed by atoms with E-state index in [1.54, 1.807) is 6.92 Å². The minimum atomic E-state index is 0.0471. The smallest absolute Gasteiger partial charge is 0.160 e. The van der Waals surface area contributed by atoms with E-state index >= 15 is 0 Å². The van der Waals surface area contributed by atoms with Crippen LogP contribution in [0.2, 0.25) is 0 Å². The van der Waals surface area contributed by atoms with Crippen LogP contribution >= 0.6 is 15.9 Å². The standard InChI is InChI=1S/C15H19BrN2O/c1-11(2)10-18(8-4-7-17)13-5-6-14(12(3)19)15(16)9-13/h5-6,9,11H,4,8,10H2,1-3H3. The Labute approximate surface area is 123 Å². The van der Waals surface area contributed by atoms with Gasteiger partial charge in [0, 0.05) is 28.8 Å². The summed E-state index contributed by atoms with van der Waals surface area (Å²) in [6.07, 6.45) is 0.499. The molecule has 0 radical (unpaired) electrons. The predicted octanol–water partition coefficient (Wildman–Crippen LogP) is 4.03. The van der Waals surface area contributed by atoms with Gasteiger partial charge in [-0.05, 0) is 47.0 Å². The number of halogens is 1. The lowest BCUT2D eigenvalue weighted by Crippen LogP contribution is -2.28. The lowest BCUT2D eigenvalue weighted by atomic mass is 10.1. The summed E-state index contributed by atoms with van der Waals surface area (Å²) in [4.78, 5) is 13.6. The zero-order valence-electron chi connectivity index (χ0n) is 11.6. The molecule has 0 unspecified atom stereocenters. The number of carbonyl (C=O) groups is 1. The van der Waals surface area contributed by atoms with E-state index < -0.39 is 0 Å². The van der Waals surface area contributed by atoms with Crippen molar-refractivity contribution in [2.45, 2.75) is 27.2 Å². The molecule has 0 N–H and O–H groups in total. The topological polar surface area (TPSA) is 44.1 Å². The number of rotatable bonds is 6. The summed E-state index contributed by atoms with van der Waals surface area (Å²) in [6.45, 7) is 7.46. The molecular formula is C15H19BrN2O. The summed E-state index contributed by atoms with van der Waals surface area (Å²) in [6, 6.07) is 7.91. The molecule has 1 rings (SSSR count). The Morgan fingerprint density at radius 2 is 2.16 bits per heavy atom. The Morgan fingerprint density at radius 1 is 1.47 bits per heavy atom. The monoisotopic (exact) mass is 322 g/mol. The van der Waals surface area contributed by atoms with E-state index in [2.05, 4.69) is 40.7 Å². The molecule has 0 bridgehead atoms. The minimum absolute atomic E-state index is 0.0471. The first-order valence-corrected chi connectivity index (χ1v) is 7.17. The molecule has 3 nitrogen and oxygen atoms in total. The van der Waals surface area contributed by atoms with Crippen molar-refractivity contribution in [3.05, 3.63) is 28.2 Å². The first-order chi connectivity index (χ1) is 8.95. The van der Waals surface area contributed by atoms with Crippen LogP contribution in [0, 0.1) is 17.2 Å². The summed E-state index contributed by atoms with van der Waals surface area (Å²) in [5, 5.41) is 8.74. The number of ketones is 1. The van der Waals surface area contributed by atoms with Crippen LogP contribution in [0.4, 0.5) is 5.69 Å². The Bertz CT molecular complexity index is 491. The third-order valence-corrected chi connectivity index (χ3v) is 3.43. The minimum Gasteiger partial charge on any atom is -0.370 e. The molecule has 0 aromatic heterocycles. The SMILES string of the molecule is CC(=O)c1ccc(N(CCC#N)CC(C)C)cc1Br. The third-order valence-electron chi connectivity index (χ3n) is 2.78. The molecule has 0 atom stereocenters. The predicted molar refractivity (Wildman–Crippen MR) is 81.4 cm³/mol. The van der Waals surface area contributed by atoms with Crippen LogP contribution in [0.1, 0.15) is 37.6 Å². The summed E-state index contributed by atoms with van der Waals surface area (Å²) in [7, 11) is 0. The fourth-order valence-electron chi connectivity index (χ4n) is 1.94. The number of Topliss-reactive ketones (excluding diaryl/α,β-unsaturated/α-hetero) is 1. The van der Waals surface area contributed by atoms with Gasteiger partial charge in [0.05, 0.1) is 12.5 Å². The molecule has 0 fully saturated rings. The largest absolute Gasteiger partial charge is 0.370 e. The van der Waals surface area contributed by atoms with Gasteiger partial charge in [0.25, 0.3) is 0 Å². The van der Waals surface area contributed by atoms with Crippen LogP contribution < -0.4 is 4.90 Å². The second-order valence-corrected chi connectivity index (χ2v) is 5.82. The van der Waals surface area contributed by atoms with Gasteiger partial charge in [-0.2, -0.15) is 5.26 Å². The third kappa shape index (κ3) is 4.68. The quantitative estimate of drug-likeness (QED) is 0.743. The summed E-state index contributed by atoms with van der Waals surface area (Å²) < 4.78 is 0.809. The van der Waals surface area contributed by atoms with Crippen molar-refractivity contribution in [1.82, 2.24) is 0 Å². The Hall–Kier alpha value is -1.34. The van der Waals surface area contributed by atoms with Crippen molar-refractivity contribution in [2.75, 3.05) is 18.0 Å². The van der Waals surface area contributed by atoms with Crippen LogP contribution in [0.25, 0.3) is 0 Å². The van der Waals surface area contributed by atoms with E-state index in [4.69, 9.17) is 5.26 Å². The Morgan fingerprint density at radius 3 is 2.63 bits per heavy atom. The van der Waals surface area contributed by atoms with Gasteiger partial charge in [-0.15, -0.1) is 0 Å². The highest BCUT2D eigenvalue weighted by atomic mass is 79.9. The molecule has 0 saturated heterocycles. The molecule has 0 heterocycles. The van der Waals surface area contributed by atoms with Gasteiger partial charge in [-0.1, -0.05) is 13.8 Å². The van der Waals surface area contributed by atoms with E-state index in [0.717, 1.165) is 16.7 Å². The van der Waals surface area contributed by atoms with E-state index in [1.165, 1.54) is 0 Å². The first-order valence-electron chi connectivity index (χ1n) is 6.38. The van der Waals surface area contributed by atoms with Crippen molar-refractivity contribution in [1.29, 1.82) is 5.26 Å². The van der Waals surface area contributed by atoms with Crippen LogP contribution in [0.15, 0.2) is 22.7 Å². The molecule has 0 spiro atoms. The van der Waals surface area contributed by atoms with Gasteiger partial charge in [-0.25, -0.2) is 0 Å². The molecule has 0 aliphatic rings. The maximum atomic E-state index is 11.4. The first kappa shape index (κ1) is 15.7. The number of anilines is 1. The molecular weight excluding hydrogens is 304 g/mol. The zero-order chi connectivity index (χ0) is 14.4. The van der Waals surface area contributed by atoms with Gasteiger partial charge in [0.1, 0.15) is 0 Å². The molecule has 0 amide bonds. The molecule has 0 aliphatic carbocycles. The summed E-state index contributed by atoms with van der Waals surface area (Å²) in [5.74, 6) is 0.566. The molecule has 102 valence electrons. The number of nitrogens with zero attached hydrogens (tertiary/aromatic N) is 2. The second kappa shape index (κ2) is 7.30.